The van der Waals surface area contributed by atoms with Crippen LogP contribution in [-0.4, -0.2) is 54.7 Å². The predicted molar refractivity (Wildman–Crippen MR) is 110 cm³/mol. The average molecular weight is 421 g/mol. The van der Waals surface area contributed by atoms with Gasteiger partial charge in [0.25, 0.3) is 0 Å². The summed E-state index contributed by atoms with van der Waals surface area (Å²) in [6.07, 6.45) is 4.59. The zero-order chi connectivity index (χ0) is 20.7. The first-order chi connectivity index (χ1) is 14.0. The standard InChI is InChI=1S/C20H28N4O4S/c1-2-3-12-24-19(10-11-21-24)22-20(25)9-6-17-4-7-18(8-5-17)29(26,27)23-13-15-28-16-14-23/h4-5,7-8,10-11H,2-3,6,9,12-16H2,1H3,(H,22,25). The van der Waals surface area contributed by atoms with Crippen LogP contribution < -0.4 is 5.32 Å². The van der Waals surface area contributed by atoms with E-state index in [0.717, 1.165) is 24.9 Å². The molecule has 2 heterocycles. The van der Waals surface area contributed by atoms with Crippen molar-refractivity contribution in [1.82, 2.24) is 14.1 Å². The molecule has 0 atom stereocenters. The molecule has 29 heavy (non-hydrogen) atoms. The Morgan fingerprint density at radius 1 is 1.17 bits per heavy atom. The Bertz CT molecular complexity index is 903. The molecule has 0 unspecified atom stereocenters. The third-order valence-electron chi connectivity index (χ3n) is 4.88. The summed E-state index contributed by atoms with van der Waals surface area (Å²) in [7, 11) is -3.49. The molecule has 1 saturated heterocycles. The van der Waals surface area contributed by atoms with Gasteiger partial charge in [0.05, 0.1) is 24.3 Å². The molecule has 1 amide bonds. The van der Waals surface area contributed by atoms with Crippen LogP contribution in [0.25, 0.3) is 0 Å². The number of morpholine rings is 1. The van der Waals surface area contributed by atoms with Crippen molar-refractivity contribution in [2.75, 3.05) is 31.6 Å². The number of hydrogen-bond acceptors (Lipinski definition) is 5. The van der Waals surface area contributed by atoms with Gasteiger partial charge in [-0.3, -0.25) is 4.79 Å². The summed E-state index contributed by atoms with van der Waals surface area (Å²) >= 11 is 0. The molecule has 0 saturated carbocycles. The third kappa shape index (κ3) is 5.65. The van der Waals surface area contributed by atoms with Gasteiger partial charge in [-0.05, 0) is 30.5 Å². The number of sulfonamides is 1. The molecule has 1 aromatic heterocycles. The summed E-state index contributed by atoms with van der Waals surface area (Å²) in [6, 6.07) is 8.55. The summed E-state index contributed by atoms with van der Waals surface area (Å²) < 4.78 is 33.8. The van der Waals surface area contributed by atoms with Gasteiger partial charge in [0.2, 0.25) is 15.9 Å². The number of anilines is 1. The molecule has 158 valence electrons. The number of carbonyl (C=O) groups excluding carboxylic acids is 1. The van der Waals surface area contributed by atoms with Crippen LogP contribution >= 0.6 is 0 Å². The maximum atomic E-state index is 12.6. The van der Waals surface area contributed by atoms with E-state index in [1.54, 1.807) is 41.2 Å². The fraction of sp³-hybridized carbons (Fsp3) is 0.500. The summed E-state index contributed by atoms with van der Waals surface area (Å²) in [5.74, 6) is 0.615. The Labute approximate surface area is 171 Å². The number of amides is 1. The van der Waals surface area contributed by atoms with Crippen molar-refractivity contribution in [3.8, 4) is 0 Å². The van der Waals surface area contributed by atoms with E-state index >= 15 is 0 Å². The highest BCUT2D eigenvalue weighted by molar-refractivity contribution is 7.89. The molecular formula is C20H28N4O4S. The lowest BCUT2D eigenvalue weighted by molar-refractivity contribution is -0.116. The molecule has 1 N–H and O–H groups in total. The van der Waals surface area contributed by atoms with Crippen molar-refractivity contribution in [3.05, 3.63) is 42.1 Å². The molecule has 0 spiro atoms. The van der Waals surface area contributed by atoms with Crippen LogP contribution in [0.1, 0.15) is 31.7 Å². The second-order valence-electron chi connectivity index (χ2n) is 7.00. The van der Waals surface area contributed by atoms with E-state index in [2.05, 4.69) is 17.3 Å². The van der Waals surface area contributed by atoms with Gasteiger partial charge in [0.1, 0.15) is 5.82 Å². The molecule has 1 aliphatic rings. The van der Waals surface area contributed by atoms with Gasteiger partial charge in [-0.2, -0.15) is 9.40 Å². The first-order valence-corrected chi connectivity index (χ1v) is 11.4. The predicted octanol–water partition coefficient (Wildman–Crippen LogP) is 2.28. The van der Waals surface area contributed by atoms with E-state index in [1.165, 1.54) is 4.31 Å². The molecule has 2 aromatic rings. The zero-order valence-corrected chi connectivity index (χ0v) is 17.5. The number of benzene rings is 1. The van der Waals surface area contributed by atoms with Crippen molar-refractivity contribution < 1.29 is 17.9 Å². The molecule has 1 fully saturated rings. The van der Waals surface area contributed by atoms with Crippen LogP contribution in [0.15, 0.2) is 41.4 Å². The first kappa shape index (κ1) is 21.5. The number of unbranched alkanes of at least 4 members (excludes halogenated alkanes) is 1. The Balaban J connectivity index is 1.53. The second-order valence-corrected chi connectivity index (χ2v) is 8.94. The van der Waals surface area contributed by atoms with E-state index in [4.69, 9.17) is 4.74 Å². The van der Waals surface area contributed by atoms with Gasteiger partial charge in [0, 0.05) is 32.1 Å². The van der Waals surface area contributed by atoms with Crippen LogP contribution in [0.2, 0.25) is 0 Å². The fourth-order valence-electron chi connectivity index (χ4n) is 3.15. The van der Waals surface area contributed by atoms with Crippen LogP contribution in [0, 0.1) is 0 Å². The van der Waals surface area contributed by atoms with Crippen molar-refractivity contribution in [2.24, 2.45) is 0 Å². The molecule has 0 aliphatic carbocycles. The molecule has 1 aromatic carbocycles. The van der Waals surface area contributed by atoms with Crippen molar-refractivity contribution in [2.45, 2.75) is 44.0 Å². The Morgan fingerprint density at radius 2 is 1.90 bits per heavy atom. The third-order valence-corrected chi connectivity index (χ3v) is 6.79. The van der Waals surface area contributed by atoms with Crippen molar-refractivity contribution >= 4 is 21.7 Å². The quantitative estimate of drug-likeness (QED) is 0.672. The highest BCUT2D eigenvalue weighted by Crippen LogP contribution is 2.18. The molecule has 0 bridgehead atoms. The second kappa shape index (κ2) is 10.00. The highest BCUT2D eigenvalue weighted by atomic mass is 32.2. The van der Waals surface area contributed by atoms with Crippen LogP contribution in [0.3, 0.4) is 0 Å². The number of carbonyl (C=O) groups is 1. The lowest BCUT2D eigenvalue weighted by Crippen LogP contribution is -2.40. The Hall–Kier alpha value is -2.23. The van der Waals surface area contributed by atoms with Crippen molar-refractivity contribution in [1.29, 1.82) is 0 Å². The number of nitrogens with one attached hydrogen (secondary N) is 1. The number of nitrogens with zero attached hydrogens (tertiary/aromatic N) is 3. The van der Waals surface area contributed by atoms with E-state index in [0.29, 0.717) is 45.0 Å². The van der Waals surface area contributed by atoms with Crippen LogP contribution in [-0.2, 0) is 32.5 Å². The monoisotopic (exact) mass is 420 g/mol. The van der Waals surface area contributed by atoms with E-state index in [-0.39, 0.29) is 10.8 Å². The zero-order valence-electron chi connectivity index (χ0n) is 16.7. The van der Waals surface area contributed by atoms with Gasteiger partial charge in [-0.15, -0.1) is 0 Å². The minimum atomic E-state index is -3.49. The largest absolute Gasteiger partial charge is 0.379 e. The average Bonchev–Trinajstić information content (AvgIpc) is 3.18. The van der Waals surface area contributed by atoms with Gasteiger partial charge in [0.15, 0.2) is 0 Å². The maximum absolute atomic E-state index is 12.6. The summed E-state index contributed by atoms with van der Waals surface area (Å²) in [5, 5.41) is 7.12. The number of aromatic nitrogens is 2. The normalized spacial score (nSPS) is 15.3. The van der Waals surface area contributed by atoms with Crippen LogP contribution in [0.4, 0.5) is 5.82 Å². The molecule has 8 nitrogen and oxygen atoms in total. The first-order valence-electron chi connectivity index (χ1n) is 9.99. The number of hydrogen-bond donors (Lipinski definition) is 1. The lowest BCUT2D eigenvalue weighted by atomic mass is 10.1. The van der Waals surface area contributed by atoms with Gasteiger partial charge >= 0.3 is 0 Å². The van der Waals surface area contributed by atoms with E-state index < -0.39 is 10.0 Å². The topological polar surface area (TPSA) is 93.5 Å². The molecular weight excluding hydrogens is 392 g/mol. The van der Waals surface area contributed by atoms with Crippen LogP contribution in [0.5, 0.6) is 0 Å². The Morgan fingerprint density at radius 3 is 2.59 bits per heavy atom. The summed E-state index contributed by atoms with van der Waals surface area (Å²) in [4.78, 5) is 12.5. The minimum absolute atomic E-state index is 0.0896. The maximum Gasteiger partial charge on any atom is 0.243 e. The Kier molecular flexibility index (Phi) is 7.40. The number of aryl methyl sites for hydroxylation is 2. The molecule has 1 aliphatic heterocycles. The molecule has 3 rings (SSSR count). The summed E-state index contributed by atoms with van der Waals surface area (Å²) in [5.41, 5.74) is 0.917. The number of rotatable bonds is 9. The van der Waals surface area contributed by atoms with E-state index in [1.807, 2.05) is 0 Å². The molecule has 9 heteroatoms. The number of ether oxygens (including phenoxy) is 1. The van der Waals surface area contributed by atoms with Gasteiger partial charge < -0.3 is 10.1 Å². The highest BCUT2D eigenvalue weighted by Gasteiger charge is 2.26. The van der Waals surface area contributed by atoms with Gasteiger partial charge in [-0.1, -0.05) is 25.5 Å². The summed E-state index contributed by atoms with van der Waals surface area (Å²) in [6.45, 7) is 4.48. The molecule has 0 radical (unpaired) electrons. The minimum Gasteiger partial charge on any atom is -0.379 e. The van der Waals surface area contributed by atoms with E-state index in [9.17, 15) is 13.2 Å². The smallest absolute Gasteiger partial charge is 0.243 e. The fourth-order valence-corrected chi connectivity index (χ4v) is 4.56. The lowest BCUT2D eigenvalue weighted by Gasteiger charge is -2.26. The SMILES string of the molecule is CCCCn1nccc1NC(=O)CCc1ccc(S(=O)(=O)N2CCOCC2)cc1. The van der Waals surface area contributed by atoms with Crippen molar-refractivity contribution in [3.63, 3.8) is 0 Å². The van der Waals surface area contributed by atoms with Gasteiger partial charge in [-0.25, -0.2) is 13.1 Å².